The summed E-state index contributed by atoms with van der Waals surface area (Å²) < 4.78 is 11.3. The topological polar surface area (TPSA) is 30.5 Å². The molecule has 3 unspecified atom stereocenters. The van der Waals surface area contributed by atoms with Gasteiger partial charge in [-0.1, -0.05) is 32.0 Å². The molecule has 1 aromatic rings. The average molecular weight is 275 g/mol. The molecule has 4 atom stereocenters. The molecule has 2 fully saturated rings. The molecule has 2 aliphatic rings. The Hall–Kier alpha value is -1.06. The first kappa shape index (κ1) is 13.9. The third-order valence-corrected chi connectivity index (χ3v) is 5.14. The fourth-order valence-electron chi connectivity index (χ4n) is 4.05. The number of hydrogen-bond donors (Lipinski definition) is 1. The third-order valence-electron chi connectivity index (χ3n) is 5.14. The molecule has 1 aliphatic heterocycles. The number of nitrogens with one attached hydrogen (secondary N) is 1. The van der Waals surface area contributed by atoms with Gasteiger partial charge in [-0.05, 0) is 19.4 Å². The van der Waals surface area contributed by atoms with Crippen molar-refractivity contribution in [3.8, 4) is 5.75 Å². The van der Waals surface area contributed by atoms with E-state index in [4.69, 9.17) is 9.47 Å². The Morgan fingerprint density at radius 1 is 1.35 bits per heavy atom. The van der Waals surface area contributed by atoms with Crippen LogP contribution in [-0.2, 0) is 4.74 Å². The summed E-state index contributed by atoms with van der Waals surface area (Å²) in [6, 6.07) is 9.07. The second-order valence-electron chi connectivity index (χ2n) is 6.67. The molecule has 3 rings (SSSR count). The van der Waals surface area contributed by atoms with Gasteiger partial charge < -0.3 is 14.8 Å². The summed E-state index contributed by atoms with van der Waals surface area (Å²) in [5.41, 5.74) is 1.45. The van der Waals surface area contributed by atoms with Crippen LogP contribution in [0.2, 0.25) is 0 Å². The standard InChI is InChI=1S/C17H25NO2/c1-11(12-7-5-6-8-14(12)19-4)18-15-13-9-10-20-16(13)17(15,2)3/h5-8,11,13,15-16,18H,9-10H2,1-4H3/t11-,13?,15?,16?/m0/s1. The van der Waals surface area contributed by atoms with Crippen molar-refractivity contribution in [2.75, 3.05) is 13.7 Å². The molecule has 1 aromatic carbocycles. The molecular formula is C17H25NO2. The van der Waals surface area contributed by atoms with E-state index in [0.717, 1.165) is 12.4 Å². The van der Waals surface area contributed by atoms with Gasteiger partial charge in [0.15, 0.2) is 0 Å². The second-order valence-corrected chi connectivity index (χ2v) is 6.67. The Morgan fingerprint density at radius 3 is 2.85 bits per heavy atom. The van der Waals surface area contributed by atoms with E-state index >= 15 is 0 Å². The van der Waals surface area contributed by atoms with E-state index in [1.54, 1.807) is 7.11 Å². The maximum Gasteiger partial charge on any atom is 0.123 e. The summed E-state index contributed by atoms with van der Waals surface area (Å²) >= 11 is 0. The van der Waals surface area contributed by atoms with Crippen LogP contribution in [0.5, 0.6) is 5.75 Å². The molecule has 0 spiro atoms. The van der Waals surface area contributed by atoms with Crippen LogP contribution in [0.4, 0.5) is 0 Å². The third kappa shape index (κ3) is 2.04. The van der Waals surface area contributed by atoms with Crippen LogP contribution in [0.3, 0.4) is 0 Å². The van der Waals surface area contributed by atoms with Gasteiger partial charge >= 0.3 is 0 Å². The summed E-state index contributed by atoms with van der Waals surface area (Å²) in [4.78, 5) is 0. The molecule has 1 heterocycles. The molecule has 0 bridgehead atoms. The Kier molecular flexibility index (Phi) is 3.51. The van der Waals surface area contributed by atoms with Gasteiger partial charge in [-0.25, -0.2) is 0 Å². The normalized spacial score (nSPS) is 32.3. The molecule has 3 heteroatoms. The lowest BCUT2D eigenvalue weighted by Crippen LogP contribution is -2.66. The first-order chi connectivity index (χ1) is 9.55. The van der Waals surface area contributed by atoms with Crippen LogP contribution >= 0.6 is 0 Å². The predicted octanol–water partition coefficient (Wildman–Crippen LogP) is 3.16. The van der Waals surface area contributed by atoms with E-state index < -0.39 is 0 Å². The quantitative estimate of drug-likeness (QED) is 0.915. The Labute approximate surface area is 121 Å². The highest BCUT2D eigenvalue weighted by Gasteiger charge is 2.59. The largest absolute Gasteiger partial charge is 0.496 e. The molecule has 20 heavy (non-hydrogen) atoms. The number of ether oxygens (including phenoxy) is 2. The minimum Gasteiger partial charge on any atom is -0.496 e. The van der Waals surface area contributed by atoms with Crippen molar-refractivity contribution in [2.45, 2.75) is 45.4 Å². The summed E-state index contributed by atoms with van der Waals surface area (Å²) in [5.74, 6) is 1.63. The maximum absolute atomic E-state index is 5.86. The van der Waals surface area contributed by atoms with E-state index in [2.05, 4.69) is 38.2 Å². The predicted molar refractivity (Wildman–Crippen MR) is 80.0 cm³/mol. The number of fused-ring (bicyclic) bond motifs is 1. The Morgan fingerprint density at radius 2 is 2.10 bits per heavy atom. The molecule has 3 nitrogen and oxygen atoms in total. The fourth-order valence-corrected chi connectivity index (χ4v) is 4.05. The summed E-state index contributed by atoms with van der Waals surface area (Å²) in [5, 5.41) is 3.81. The van der Waals surface area contributed by atoms with Crippen LogP contribution in [0.15, 0.2) is 24.3 Å². The molecule has 110 valence electrons. The zero-order valence-corrected chi connectivity index (χ0v) is 12.8. The lowest BCUT2D eigenvalue weighted by molar-refractivity contribution is -0.115. The highest BCUT2D eigenvalue weighted by molar-refractivity contribution is 5.35. The van der Waals surface area contributed by atoms with Gasteiger partial charge in [0.25, 0.3) is 0 Å². The number of rotatable bonds is 4. The van der Waals surface area contributed by atoms with Crippen molar-refractivity contribution in [3.05, 3.63) is 29.8 Å². The van der Waals surface area contributed by atoms with Crippen molar-refractivity contribution in [1.82, 2.24) is 5.32 Å². The van der Waals surface area contributed by atoms with Crippen molar-refractivity contribution < 1.29 is 9.47 Å². The average Bonchev–Trinajstić information content (AvgIpc) is 2.91. The number of para-hydroxylation sites is 1. The van der Waals surface area contributed by atoms with E-state index in [0.29, 0.717) is 18.1 Å². The van der Waals surface area contributed by atoms with Gasteiger partial charge in [0, 0.05) is 35.6 Å². The molecule has 1 N–H and O–H groups in total. The van der Waals surface area contributed by atoms with Gasteiger partial charge in [0.2, 0.25) is 0 Å². The minimum atomic E-state index is 0.220. The highest BCUT2D eigenvalue weighted by Crippen LogP contribution is 2.52. The van der Waals surface area contributed by atoms with Crippen LogP contribution in [-0.4, -0.2) is 25.9 Å². The molecule has 0 aromatic heterocycles. The zero-order valence-electron chi connectivity index (χ0n) is 12.8. The highest BCUT2D eigenvalue weighted by atomic mass is 16.5. The van der Waals surface area contributed by atoms with E-state index in [1.165, 1.54) is 12.0 Å². The van der Waals surface area contributed by atoms with E-state index in [-0.39, 0.29) is 11.5 Å². The van der Waals surface area contributed by atoms with Gasteiger partial charge in [0.1, 0.15) is 5.75 Å². The monoisotopic (exact) mass is 275 g/mol. The lowest BCUT2D eigenvalue weighted by Gasteiger charge is -2.55. The van der Waals surface area contributed by atoms with E-state index in [1.807, 2.05) is 12.1 Å². The van der Waals surface area contributed by atoms with Crippen molar-refractivity contribution in [3.63, 3.8) is 0 Å². The SMILES string of the molecule is COc1ccccc1[C@H](C)NC1C2CCOC2C1(C)C. The van der Waals surface area contributed by atoms with Gasteiger partial charge in [-0.3, -0.25) is 0 Å². The Bertz CT molecular complexity index is 486. The van der Waals surface area contributed by atoms with Crippen molar-refractivity contribution in [1.29, 1.82) is 0 Å². The lowest BCUT2D eigenvalue weighted by atomic mass is 9.57. The Balaban J connectivity index is 1.74. The maximum atomic E-state index is 5.86. The molecule has 1 saturated carbocycles. The van der Waals surface area contributed by atoms with Gasteiger partial charge in [-0.2, -0.15) is 0 Å². The summed E-state index contributed by atoms with van der Waals surface area (Å²) in [6.45, 7) is 7.76. The van der Waals surface area contributed by atoms with E-state index in [9.17, 15) is 0 Å². The number of methoxy groups -OCH3 is 1. The first-order valence-corrected chi connectivity index (χ1v) is 7.56. The number of hydrogen-bond acceptors (Lipinski definition) is 3. The van der Waals surface area contributed by atoms with Crippen LogP contribution in [0, 0.1) is 11.3 Å². The van der Waals surface area contributed by atoms with Crippen molar-refractivity contribution >= 4 is 0 Å². The molecule has 0 radical (unpaired) electrons. The molecular weight excluding hydrogens is 250 g/mol. The van der Waals surface area contributed by atoms with Gasteiger partial charge in [-0.15, -0.1) is 0 Å². The smallest absolute Gasteiger partial charge is 0.123 e. The number of benzene rings is 1. The van der Waals surface area contributed by atoms with Crippen LogP contribution in [0.25, 0.3) is 0 Å². The fraction of sp³-hybridized carbons (Fsp3) is 0.647. The molecule has 1 aliphatic carbocycles. The minimum absolute atomic E-state index is 0.220. The zero-order chi connectivity index (χ0) is 14.3. The molecule has 1 saturated heterocycles. The first-order valence-electron chi connectivity index (χ1n) is 7.56. The van der Waals surface area contributed by atoms with Crippen LogP contribution < -0.4 is 10.1 Å². The van der Waals surface area contributed by atoms with Crippen LogP contribution in [0.1, 0.15) is 38.8 Å². The second kappa shape index (κ2) is 5.05. The molecule has 0 amide bonds. The summed E-state index contributed by atoms with van der Waals surface area (Å²) in [7, 11) is 1.74. The van der Waals surface area contributed by atoms with Crippen molar-refractivity contribution in [2.24, 2.45) is 11.3 Å². The summed E-state index contributed by atoms with van der Waals surface area (Å²) in [6.07, 6.45) is 1.62. The van der Waals surface area contributed by atoms with Gasteiger partial charge in [0.05, 0.1) is 13.2 Å².